The summed E-state index contributed by atoms with van der Waals surface area (Å²) < 4.78 is 32.0. The topological polar surface area (TPSA) is 75.6 Å². The zero-order chi connectivity index (χ0) is 13.7. The van der Waals surface area contributed by atoms with Crippen LogP contribution in [0.3, 0.4) is 0 Å². The van der Waals surface area contributed by atoms with Gasteiger partial charge < -0.3 is 9.84 Å². The van der Waals surface area contributed by atoms with E-state index in [1.54, 1.807) is 24.3 Å². The van der Waals surface area contributed by atoms with Gasteiger partial charge in [0, 0.05) is 19.3 Å². The van der Waals surface area contributed by atoms with Crippen LogP contribution in [-0.4, -0.2) is 32.8 Å². The van der Waals surface area contributed by atoms with Crippen LogP contribution in [0, 0.1) is 0 Å². The quantitative estimate of drug-likeness (QED) is 0.838. The highest BCUT2D eigenvalue weighted by Gasteiger charge is 2.20. The maximum absolute atomic E-state index is 12.0. The Morgan fingerprint density at radius 3 is 2.32 bits per heavy atom. The van der Waals surface area contributed by atoms with Crippen LogP contribution in [0.1, 0.15) is 24.0 Å². The summed E-state index contributed by atoms with van der Waals surface area (Å²) in [5, 5.41) is 8.93. The first-order valence-corrected chi connectivity index (χ1v) is 8.01. The van der Waals surface area contributed by atoms with Crippen molar-refractivity contribution >= 4 is 10.0 Å². The Kier molecular flexibility index (Phi) is 4.93. The molecule has 1 aromatic rings. The predicted octanol–water partition coefficient (Wildman–Crippen LogP) is 0.777. The van der Waals surface area contributed by atoms with E-state index in [9.17, 15) is 8.42 Å². The van der Waals surface area contributed by atoms with E-state index in [0.717, 1.165) is 24.0 Å². The standard InChI is InChI=1S/C13H19NO4S/c15-9-11-1-3-12(4-2-11)10-19(16,17)14-13-5-7-18-8-6-13/h1-4,13-15H,5-10H2. The van der Waals surface area contributed by atoms with Gasteiger partial charge in [-0.2, -0.15) is 0 Å². The molecule has 2 N–H and O–H groups in total. The van der Waals surface area contributed by atoms with Crippen molar-refractivity contribution in [2.45, 2.75) is 31.2 Å². The van der Waals surface area contributed by atoms with Crippen molar-refractivity contribution in [2.75, 3.05) is 13.2 Å². The van der Waals surface area contributed by atoms with Gasteiger partial charge in [-0.05, 0) is 24.0 Å². The first kappa shape index (κ1) is 14.5. The van der Waals surface area contributed by atoms with Gasteiger partial charge in [0.05, 0.1) is 12.4 Å². The van der Waals surface area contributed by atoms with E-state index in [1.807, 2.05) is 0 Å². The van der Waals surface area contributed by atoms with Gasteiger partial charge >= 0.3 is 0 Å². The van der Waals surface area contributed by atoms with Crippen molar-refractivity contribution < 1.29 is 18.3 Å². The van der Waals surface area contributed by atoms with Gasteiger partial charge in [-0.25, -0.2) is 13.1 Å². The van der Waals surface area contributed by atoms with E-state index in [2.05, 4.69) is 4.72 Å². The van der Waals surface area contributed by atoms with Crippen LogP contribution in [0.5, 0.6) is 0 Å². The summed E-state index contributed by atoms with van der Waals surface area (Å²) in [6.45, 7) is 1.18. The molecule has 1 aliphatic heterocycles. The second-order valence-corrected chi connectivity index (χ2v) is 6.49. The molecule has 0 unspecified atom stereocenters. The summed E-state index contributed by atoms with van der Waals surface area (Å²) >= 11 is 0. The van der Waals surface area contributed by atoms with E-state index in [0.29, 0.717) is 13.2 Å². The Hall–Kier alpha value is -0.950. The summed E-state index contributed by atoms with van der Waals surface area (Å²) in [6.07, 6.45) is 1.45. The number of sulfonamides is 1. The second-order valence-electron chi connectivity index (χ2n) is 4.74. The van der Waals surface area contributed by atoms with E-state index in [4.69, 9.17) is 9.84 Å². The number of hydrogen-bond donors (Lipinski definition) is 2. The van der Waals surface area contributed by atoms with E-state index in [-0.39, 0.29) is 18.4 Å². The second kappa shape index (κ2) is 6.47. The number of rotatable bonds is 5. The minimum atomic E-state index is -3.32. The molecule has 0 atom stereocenters. The van der Waals surface area contributed by atoms with Gasteiger partial charge in [0.1, 0.15) is 0 Å². The lowest BCUT2D eigenvalue weighted by Gasteiger charge is -2.22. The average Bonchev–Trinajstić information content (AvgIpc) is 2.39. The van der Waals surface area contributed by atoms with Crippen LogP contribution in [0.25, 0.3) is 0 Å². The summed E-state index contributed by atoms with van der Waals surface area (Å²) in [5.74, 6) is -0.0317. The van der Waals surface area contributed by atoms with Crippen molar-refractivity contribution in [2.24, 2.45) is 0 Å². The van der Waals surface area contributed by atoms with Gasteiger partial charge in [0.15, 0.2) is 0 Å². The molecule has 0 radical (unpaired) electrons. The molecule has 0 aromatic heterocycles. The van der Waals surface area contributed by atoms with E-state index >= 15 is 0 Å². The fourth-order valence-corrected chi connectivity index (χ4v) is 3.53. The molecule has 5 nitrogen and oxygen atoms in total. The Balaban J connectivity index is 1.95. The lowest BCUT2D eigenvalue weighted by atomic mass is 10.1. The highest BCUT2D eigenvalue weighted by Crippen LogP contribution is 2.11. The summed E-state index contributed by atoms with van der Waals surface area (Å²) in [6, 6.07) is 6.91. The zero-order valence-corrected chi connectivity index (χ0v) is 11.5. The molecule has 1 saturated heterocycles. The highest BCUT2D eigenvalue weighted by atomic mass is 32.2. The summed E-state index contributed by atoms with van der Waals surface area (Å²) in [4.78, 5) is 0. The van der Waals surface area contributed by atoms with Gasteiger partial charge in [0.25, 0.3) is 0 Å². The van der Waals surface area contributed by atoms with Crippen LogP contribution in [0.15, 0.2) is 24.3 Å². The van der Waals surface area contributed by atoms with Crippen molar-refractivity contribution in [3.05, 3.63) is 35.4 Å². The van der Waals surface area contributed by atoms with Crippen molar-refractivity contribution in [3.8, 4) is 0 Å². The third kappa shape index (κ3) is 4.58. The van der Waals surface area contributed by atoms with Crippen LogP contribution in [-0.2, 0) is 27.1 Å². The average molecular weight is 285 g/mol. The number of nitrogens with one attached hydrogen (secondary N) is 1. The Labute approximate surface area is 113 Å². The Bertz CT molecular complexity index is 492. The summed E-state index contributed by atoms with van der Waals surface area (Å²) in [5.41, 5.74) is 1.50. The normalized spacial score (nSPS) is 17.5. The molecular weight excluding hydrogens is 266 g/mol. The Morgan fingerprint density at radius 2 is 1.74 bits per heavy atom. The molecule has 6 heteroatoms. The van der Waals surface area contributed by atoms with Gasteiger partial charge in [0.2, 0.25) is 10.0 Å². The third-order valence-electron chi connectivity index (χ3n) is 3.13. The van der Waals surface area contributed by atoms with E-state index in [1.165, 1.54) is 0 Å². The number of ether oxygens (including phenoxy) is 1. The predicted molar refractivity (Wildman–Crippen MR) is 72.0 cm³/mol. The molecule has 0 bridgehead atoms. The maximum atomic E-state index is 12.0. The maximum Gasteiger partial charge on any atom is 0.216 e. The minimum Gasteiger partial charge on any atom is -0.392 e. The SMILES string of the molecule is O=S(=O)(Cc1ccc(CO)cc1)NC1CCOCC1. The molecule has 0 aliphatic carbocycles. The van der Waals surface area contributed by atoms with Crippen molar-refractivity contribution in [3.63, 3.8) is 0 Å². The number of aliphatic hydroxyl groups excluding tert-OH is 1. The molecular formula is C13H19NO4S. The van der Waals surface area contributed by atoms with Crippen LogP contribution < -0.4 is 4.72 Å². The van der Waals surface area contributed by atoms with Crippen LogP contribution in [0.4, 0.5) is 0 Å². The third-order valence-corrected chi connectivity index (χ3v) is 4.54. The minimum absolute atomic E-state index is 0.0181. The monoisotopic (exact) mass is 285 g/mol. The number of benzene rings is 1. The van der Waals surface area contributed by atoms with E-state index < -0.39 is 10.0 Å². The molecule has 2 rings (SSSR count). The Morgan fingerprint density at radius 1 is 1.16 bits per heavy atom. The largest absolute Gasteiger partial charge is 0.392 e. The summed E-state index contributed by atoms with van der Waals surface area (Å²) in [7, 11) is -3.32. The lowest BCUT2D eigenvalue weighted by molar-refractivity contribution is 0.0832. The molecule has 0 spiro atoms. The molecule has 1 heterocycles. The highest BCUT2D eigenvalue weighted by molar-refractivity contribution is 7.88. The van der Waals surface area contributed by atoms with Gasteiger partial charge in [-0.1, -0.05) is 24.3 Å². The smallest absolute Gasteiger partial charge is 0.216 e. The van der Waals surface area contributed by atoms with Gasteiger partial charge in [-0.15, -0.1) is 0 Å². The fraction of sp³-hybridized carbons (Fsp3) is 0.538. The number of hydrogen-bond acceptors (Lipinski definition) is 4. The lowest BCUT2D eigenvalue weighted by Crippen LogP contribution is -2.39. The zero-order valence-electron chi connectivity index (χ0n) is 10.7. The molecule has 0 saturated carbocycles. The molecule has 1 fully saturated rings. The number of aliphatic hydroxyl groups is 1. The molecule has 1 aliphatic rings. The molecule has 1 aromatic carbocycles. The van der Waals surface area contributed by atoms with Crippen molar-refractivity contribution in [1.82, 2.24) is 4.72 Å². The van der Waals surface area contributed by atoms with Crippen molar-refractivity contribution in [1.29, 1.82) is 0 Å². The first-order valence-electron chi connectivity index (χ1n) is 6.35. The first-order chi connectivity index (χ1) is 9.09. The van der Waals surface area contributed by atoms with Crippen LogP contribution >= 0.6 is 0 Å². The molecule has 106 valence electrons. The fourth-order valence-electron chi connectivity index (χ4n) is 2.07. The van der Waals surface area contributed by atoms with Gasteiger partial charge in [-0.3, -0.25) is 0 Å². The molecule has 19 heavy (non-hydrogen) atoms. The van der Waals surface area contributed by atoms with Crippen LogP contribution in [0.2, 0.25) is 0 Å². The molecule has 0 amide bonds.